The molecule has 0 spiro atoms. The van der Waals surface area contributed by atoms with E-state index in [1.165, 1.54) is 52.0 Å². The van der Waals surface area contributed by atoms with Gasteiger partial charge >= 0.3 is 0 Å². The highest BCUT2D eigenvalue weighted by atomic mass is 19.3. The minimum Gasteiger partial charge on any atom is -0.399 e. The average molecular weight is 401 g/mol. The minimum absolute atomic E-state index is 0.185. The molecule has 0 saturated carbocycles. The molecule has 3 rings (SSSR count). The lowest BCUT2D eigenvalue weighted by molar-refractivity contribution is 0.0174. The van der Waals surface area contributed by atoms with E-state index in [0.29, 0.717) is 11.3 Å². The van der Waals surface area contributed by atoms with Crippen LogP contribution in [-0.4, -0.2) is 20.3 Å². The van der Waals surface area contributed by atoms with Crippen molar-refractivity contribution in [1.29, 1.82) is 0 Å². The van der Waals surface area contributed by atoms with Crippen LogP contribution in [0.1, 0.15) is 41.4 Å². The Bertz CT molecular complexity index is 1110. The summed E-state index contributed by atoms with van der Waals surface area (Å²) in [5.41, 5.74) is 6.61. The number of amides is 1. The number of rotatable bonds is 5. The Balaban J connectivity index is 1.86. The van der Waals surface area contributed by atoms with Gasteiger partial charge in [-0.2, -0.15) is 5.10 Å². The van der Waals surface area contributed by atoms with E-state index in [2.05, 4.69) is 10.4 Å². The maximum Gasteiger partial charge on any atom is 0.270 e. The van der Waals surface area contributed by atoms with Gasteiger partial charge in [0, 0.05) is 43.7 Å². The number of anilines is 1. The number of hydrogen-bond donors (Lipinski definition) is 2. The first-order valence-electron chi connectivity index (χ1n) is 8.86. The van der Waals surface area contributed by atoms with Crippen LogP contribution in [-0.2, 0) is 13.0 Å². The summed E-state index contributed by atoms with van der Waals surface area (Å²) in [6.07, 6.45) is 4.56. The lowest BCUT2D eigenvalue weighted by atomic mass is 10.0. The van der Waals surface area contributed by atoms with Gasteiger partial charge in [-0.15, -0.1) is 0 Å². The fraction of sp³-hybridized carbons (Fsp3) is 0.250. The molecule has 9 heteroatoms. The largest absolute Gasteiger partial charge is 0.399 e. The molecule has 29 heavy (non-hydrogen) atoms. The van der Waals surface area contributed by atoms with Gasteiger partial charge in [0.15, 0.2) is 0 Å². The van der Waals surface area contributed by atoms with Gasteiger partial charge in [0.1, 0.15) is 0 Å². The third-order valence-electron chi connectivity index (χ3n) is 4.47. The van der Waals surface area contributed by atoms with Crippen LogP contribution < -0.4 is 16.6 Å². The molecule has 0 radical (unpaired) electrons. The van der Waals surface area contributed by atoms with Crippen LogP contribution in [0.2, 0.25) is 0 Å². The maximum atomic E-state index is 13.7. The number of nitrogens with one attached hydrogen (secondary N) is 1. The Morgan fingerprint density at radius 3 is 2.59 bits per heavy atom. The van der Waals surface area contributed by atoms with E-state index < -0.39 is 17.9 Å². The van der Waals surface area contributed by atoms with Crippen molar-refractivity contribution in [2.24, 2.45) is 7.05 Å². The SMILES string of the molecule is C[C@@H](NC(=O)c1ccc(=O)n(-c2cnn(C)c2)c1)c1cc(N)cc(C(C)(F)F)c1. The Morgan fingerprint density at radius 1 is 1.24 bits per heavy atom. The summed E-state index contributed by atoms with van der Waals surface area (Å²) in [4.78, 5) is 24.8. The fourth-order valence-corrected chi connectivity index (χ4v) is 2.90. The molecule has 0 aliphatic heterocycles. The minimum atomic E-state index is -3.05. The molecule has 0 unspecified atom stereocenters. The highest BCUT2D eigenvalue weighted by Crippen LogP contribution is 2.31. The standard InChI is InChI=1S/C20H21F2N5O2/c1-12(14-6-15(20(2,21)22)8-16(23)7-14)25-19(29)13-4-5-18(28)27(10-13)17-9-24-26(3)11-17/h4-12H,23H2,1-3H3,(H,25,29)/t12-/m1/s1. The number of halogens is 2. The van der Waals surface area contributed by atoms with E-state index in [1.54, 1.807) is 20.2 Å². The molecule has 3 N–H and O–H groups in total. The van der Waals surface area contributed by atoms with Gasteiger partial charge in [-0.3, -0.25) is 18.8 Å². The number of hydrogen-bond acceptors (Lipinski definition) is 4. The number of nitrogens with zero attached hydrogens (tertiary/aromatic N) is 3. The van der Waals surface area contributed by atoms with Crippen LogP contribution in [0.15, 0.2) is 53.7 Å². The Labute approximate surface area is 165 Å². The Kier molecular flexibility index (Phi) is 5.23. The topological polar surface area (TPSA) is 94.9 Å². The van der Waals surface area contributed by atoms with Crippen molar-refractivity contribution in [3.05, 3.63) is 76.0 Å². The number of benzene rings is 1. The molecule has 1 aromatic carbocycles. The Hall–Kier alpha value is -3.49. The first-order chi connectivity index (χ1) is 13.5. The van der Waals surface area contributed by atoms with Crippen molar-refractivity contribution < 1.29 is 13.6 Å². The van der Waals surface area contributed by atoms with Gasteiger partial charge in [-0.25, -0.2) is 8.78 Å². The number of carbonyl (C=O) groups is 1. The number of alkyl halides is 2. The first-order valence-corrected chi connectivity index (χ1v) is 8.86. The maximum absolute atomic E-state index is 13.7. The van der Waals surface area contributed by atoms with Crippen molar-refractivity contribution in [2.75, 3.05) is 5.73 Å². The monoisotopic (exact) mass is 401 g/mol. The van der Waals surface area contributed by atoms with Crippen molar-refractivity contribution in [3.63, 3.8) is 0 Å². The van der Waals surface area contributed by atoms with Crippen molar-refractivity contribution >= 4 is 11.6 Å². The van der Waals surface area contributed by atoms with E-state index in [0.717, 1.165) is 6.92 Å². The number of carbonyl (C=O) groups excluding carboxylic acids is 1. The summed E-state index contributed by atoms with van der Waals surface area (Å²) in [5.74, 6) is -3.50. The molecular weight excluding hydrogens is 380 g/mol. The van der Waals surface area contributed by atoms with Gasteiger partial charge in [-0.1, -0.05) is 0 Å². The van der Waals surface area contributed by atoms with Gasteiger partial charge in [0.2, 0.25) is 0 Å². The normalized spacial score (nSPS) is 12.6. The number of nitrogen functional groups attached to an aromatic ring is 1. The second-order valence-electron chi connectivity index (χ2n) is 6.97. The molecule has 1 atom stereocenters. The summed E-state index contributed by atoms with van der Waals surface area (Å²) in [6, 6.07) is 6.17. The van der Waals surface area contributed by atoms with Gasteiger partial charge in [-0.05, 0) is 36.8 Å². The molecule has 1 amide bonds. The van der Waals surface area contributed by atoms with Crippen LogP contribution in [0.5, 0.6) is 0 Å². The van der Waals surface area contributed by atoms with E-state index in [1.807, 2.05) is 0 Å². The van der Waals surface area contributed by atoms with E-state index in [9.17, 15) is 18.4 Å². The molecule has 3 aromatic rings. The molecule has 0 aliphatic carbocycles. The third kappa shape index (κ3) is 4.50. The predicted octanol–water partition coefficient (Wildman–Crippen LogP) is 2.76. The Morgan fingerprint density at radius 2 is 1.97 bits per heavy atom. The average Bonchev–Trinajstić information content (AvgIpc) is 3.06. The molecular formula is C20H21F2N5O2. The molecule has 0 saturated heterocycles. The second kappa shape index (κ2) is 7.50. The van der Waals surface area contributed by atoms with Gasteiger partial charge in [0.05, 0.1) is 23.5 Å². The molecule has 7 nitrogen and oxygen atoms in total. The zero-order valence-electron chi connectivity index (χ0n) is 16.2. The lowest BCUT2D eigenvalue weighted by Gasteiger charge is -2.18. The van der Waals surface area contributed by atoms with Crippen molar-refractivity contribution in [3.8, 4) is 5.69 Å². The number of aryl methyl sites for hydroxylation is 1. The summed E-state index contributed by atoms with van der Waals surface area (Å²) < 4.78 is 30.2. The van der Waals surface area contributed by atoms with Crippen LogP contribution >= 0.6 is 0 Å². The van der Waals surface area contributed by atoms with Crippen molar-refractivity contribution in [2.45, 2.75) is 25.8 Å². The quantitative estimate of drug-likeness (QED) is 0.643. The first kappa shape index (κ1) is 20.2. The summed E-state index contributed by atoms with van der Waals surface area (Å²) in [6.45, 7) is 2.46. The fourth-order valence-electron chi connectivity index (χ4n) is 2.90. The zero-order valence-corrected chi connectivity index (χ0v) is 16.2. The molecule has 2 aromatic heterocycles. The van der Waals surface area contributed by atoms with Crippen LogP contribution in [0.4, 0.5) is 14.5 Å². The summed E-state index contributed by atoms with van der Waals surface area (Å²) >= 11 is 0. The predicted molar refractivity (Wildman–Crippen MR) is 105 cm³/mol. The molecule has 2 heterocycles. The van der Waals surface area contributed by atoms with Crippen LogP contribution in [0.3, 0.4) is 0 Å². The lowest BCUT2D eigenvalue weighted by Crippen LogP contribution is -2.28. The highest BCUT2D eigenvalue weighted by molar-refractivity contribution is 5.94. The summed E-state index contributed by atoms with van der Waals surface area (Å²) in [5, 5.41) is 6.76. The van der Waals surface area contributed by atoms with E-state index in [4.69, 9.17) is 5.73 Å². The van der Waals surface area contributed by atoms with Gasteiger partial charge < -0.3 is 11.1 Å². The van der Waals surface area contributed by atoms with Crippen LogP contribution in [0.25, 0.3) is 5.69 Å². The van der Waals surface area contributed by atoms with Gasteiger partial charge in [0.25, 0.3) is 17.4 Å². The molecule has 0 aliphatic rings. The molecule has 0 bridgehead atoms. The molecule has 152 valence electrons. The number of pyridine rings is 1. The molecule has 0 fully saturated rings. The van der Waals surface area contributed by atoms with Crippen molar-refractivity contribution in [1.82, 2.24) is 19.7 Å². The number of aromatic nitrogens is 3. The summed E-state index contributed by atoms with van der Waals surface area (Å²) in [7, 11) is 1.71. The van der Waals surface area contributed by atoms with Crippen LogP contribution in [0, 0.1) is 0 Å². The second-order valence-corrected chi connectivity index (χ2v) is 6.97. The van der Waals surface area contributed by atoms with E-state index in [-0.39, 0.29) is 22.4 Å². The smallest absolute Gasteiger partial charge is 0.270 e. The number of nitrogens with two attached hydrogens (primary N) is 1. The highest BCUT2D eigenvalue weighted by Gasteiger charge is 2.26. The zero-order chi connectivity index (χ0) is 21.3. The van der Waals surface area contributed by atoms with E-state index >= 15 is 0 Å². The third-order valence-corrected chi connectivity index (χ3v) is 4.47.